The second-order valence-electron chi connectivity index (χ2n) is 5.70. The molecule has 0 aliphatic carbocycles. The Morgan fingerprint density at radius 1 is 1.16 bits per heavy atom. The Bertz CT molecular complexity index is 1040. The second kappa shape index (κ2) is 6.21. The third kappa shape index (κ3) is 2.96. The Hall–Kier alpha value is -2.87. The van der Waals surface area contributed by atoms with Gasteiger partial charge in [0.2, 0.25) is 0 Å². The number of fused-ring (bicyclic) bond motifs is 1. The van der Waals surface area contributed by atoms with Gasteiger partial charge in [0.05, 0.1) is 12.1 Å². The molecule has 0 amide bonds. The van der Waals surface area contributed by atoms with Gasteiger partial charge in [0.25, 0.3) is 0 Å². The van der Waals surface area contributed by atoms with Gasteiger partial charge in [-0.05, 0) is 31.2 Å². The van der Waals surface area contributed by atoms with E-state index in [9.17, 15) is 4.39 Å². The standard InChI is InChI=1S/C17H15FN6S/c1-11-10-25-16(19-11)9-23(2)15-8-7-14-20-21-17(24(14)22-15)12-5-3-4-6-13(12)18/h3-8,10H,9H2,1-2H3. The fourth-order valence-corrected chi connectivity index (χ4v) is 3.38. The molecule has 4 aromatic rings. The van der Waals surface area contributed by atoms with Gasteiger partial charge in [0, 0.05) is 18.1 Å². The Morgan fingerprint density at radius 2 is 2.00 bits per heavy atom. The van der Waals surface area contributed by atoms with Crippen molar-refractivity contribution in [2.45, 2.75) is 13.5 Å². The molecular formula is C17H15FN6S. The maximum absolute atomic E-state index is 14.1. The molecule has 3 heterocycles. The zero-order valence-electron chi connectivity index (χ0n) is 13.7. The number of thiazole rings is 1. The molecule has 3 aromatic heterocycles. The summed E-state index contributed by atoms with van der Waals surface area (Å²) in [7, 11) is 1.94. The van der Waals surface area contributed by atoms with Gasteiger partial charge in [-0.15, -0.1) is 26.6 Å². The Labute approximate surface area is 147 Å². The topological polar surface area (TPSA) is 59.2 Å². The van der Waals surface area contributed by atoms with Gasteiger partial charge in [0.1, 0.15) is 16.6 Å². The van der Waals surface area contributed by atoms with Crippen LogP contribution in [0.2, 0.25) is 0 Å². The van der Waals surface area contributed by atoms with Crippen LogP contribution in [0.5, 0.6) is 0 Å². The fourth-order valence-electron chi connectivity index (χ4n) is 2.55. The first-order valence-corrected chi connectivity index (χ1v) is 8.59. The molecule has 0 N–H and O–H groups in total. The van der Waals surface area contributed by atoms with Crippen molar-refractivity contribution in [3.63, 3.8) is 0 Å². The molecule has 25 heavy (non-hydrogen) atoms. The van der Waals surface area contributed by atoms with Gasteiger partial charge in [-0.2, -0.15) is 4.52 Å². The van der Waals surface area contributed by atoms with E-state index in [0.717, 1.165) is 16.5 Å². The minimum atomic E-state index is -0.351. The average molecular weight is 354 g/mol. The van der Waals surface area contributed by atoms with Crippen LogP contribution in [0.25, 0.3) is 17.0 Å². The lowest BCUT2D eigenvalue weighted by Crippen LogP contribution is -2.18. The van der Waals surface area contributed by atoms with Crippen LogP contribution in [0.15, 0.2) is 41.8 Å². The van der Waals surface area contributed by atoms with Crippen molar-refractivity contribution in [3.8, 4) is 11.4 Å². The van der Waals surface area contributed by atoms with Crippen LogP contribution in [-0.2, 0) is 6.54 Å². The van der Waals surface area contributed by atoms with E-state index in [-0.39, 0.29) is 5.82 Å². The maximum Gasteiger partial charge on any atom is 0.188 e. The third-order valence-electron chi connectivity index (χ3n) is 3.79. The van der Waals surface area contributed by atoms with E-state index in [4.69, 9.17) is 0 Å². The second-order valence-corrected chi connectivity index (χ2v) is 6.65. The summed E-state index contributed by atoms with van der Waals surface area (Å²) in [5, 5.41) is 15.8. The predicted octanol–water partition coefficient (Wildman–Crippen LogP) is 3.33. The summed E-state index contributed by atoms with van der Waals surface area (Å²) in [6.45, 7) is 2.62. The Morgan fingerprint density at radius 3 is 2.76 bits per heavy atom. The van der Waals surface area contributed by atoms with Crippen molar-refractivity contribution in [1.29, 1.82) is 0 Å². The molecular weight excluding hydrogens is 339 g/mol. The van der Waals surface area contributed by atoms with Gasteiger partial charge >= 0.3 is 0 Å². The molecule has 6 nitrogen and oxygen atoms in total. The summed E-state index contributed by atoms with van der Waals surface area (Å²) in [6, 6.07) is 10.2. The first-order valence-electron chi connectivity index (χ1n) is 7.71. The van der Waals surface area contributed by atoms with Crippen molar-refractivity contribution < 1.29 is 4.39 Å². The lowest BCUT2D eigenvalue weighted by atomic mass is 10.2. The lowest BCUT2D eigenvalue weighted by Gasteiger charge is -2.16. The van der Waals surface area contributed by atoms with Crippen LogP contribution in [0.1, 0.15) is 10.7 Å². The summed E-state index contributed by atoms with van der Waals surface area (Å²) in [6.07, 6.45) is 0. The van der Waals surface area contributed by atoms with Crippen LogP contribution in [0.3, 0.4) is 0 Å². The van der Waals surface area contributed by atoms with Crippen molar-refractivity contribution >= 4 is 22.8 Å². The monoisotopic (exact) mass is 354 g/mol. The van der Waals surface area contributed by atoms with Crippen LogP contribution in [-0.4, -0.2) is 31.8 Å². The van der Waals surface area contributed by atoms with Gasteiger partial charge in [0.15, 0.2) is 11.5 Å². The number of halogens is 1. The largest absolute Gasteiger partial charge is 0.351 e. The average Bonchev–Trinajstić information content (AvgIpc) is 3.21. The molecule has 126 valence electrons. The normalized spacial score (nSPS) is 11.2. The van der Waals surface area contributed by atoms with Crippen LogP contribution in [0.4, 0.5) is 10.2 Å². The highest BCUT2D eigenvalue weighted by Gasteiger charge is 2.15. The molecule has 1 aromatic carbocycles. The molecule has 0 fully saturated rings. The molecule has 8 heteroatoms. The van der Waals surface area contributed by atoms with Gasteiger partial charge in [-0.25, -0.2) is 9.37 Å². The summed E-state index contributed by atoms with van der Waals surface area (Å²) >= 11 is 1.62. The summed E-state index contributed by atoms with van der Waals surface area (Å²) in [4.78, 5) is 6.46. The molecule has 0 saturated carbocycles. The molecule has 0 aliphatic heterocycles. The first-order chi connectivity index (χ1) is 12.1. The number of nitrogens with zero attached hydrogens (tertiary/aromatic N) is 6. The van der Waals surface area contributed by atoms with E-state index in [1.165, 1.54) is 6.07 Å². The molecule has 0 saturated heterocycles. The lowest BCUT2D eigenvalue weighted by molar-refractivity contribution is 0.629. The Balaban J connectivity index is 1.72. The van der Waals surface area contributed by atoms with E-state index in [1.54, 1.807) is 34.1 Å². The summed E-state index contributed by atoms with van der Waals surface area (Å²) in [5.41, 5.74) is 1.95. The first kappa shape index (κ1) is 15.6. The van der Waals surface area contributed by atoms with Crippen LogP contribution < -0.4 is 4.90 Å². The highest BCUT2D eigenvalue weighted by molar-refractivity contribution is 7.09. The molecule has 0 radical (unpaired) electrons. The highest BCUT2D eigenvalue weighted by atomic mass is 32.1. The summed E-state index contributed by atoms with van der Waals surface area (Å²) in [5.74, 6) is 0.766. The predicted molar refractivity (Wildman–Crippen MR) is 95.1 cm³/mol. The molecule has 0 bridgehead atoms. The van der Waals surface area contributed by atoms with Crippen molar-refractivity contribution in [3.05, 3.63) is 58.3 Å². The van der Waals surface area contributed by atoms with Crippen molar-refractivity contribution in [2.24, 2.45) is 0 Å². The third-order valence-corrected chi connectivity index (χ3v) is 4.75. The van der Waals surface area contributed by atoms with E-state index in [1.807, 2.05) is 36.4 Å². The SMILES string of the molecule is Cc1csc(CN(C)c2ccc3nnc(-c4ccccc4F)n3n2)n1. The minimum Gasteiger partial charge on any atom is -0.351 e. The van der Waals surface area contributed by atoms with Crippen LogP contribution >= 0.6 is 11.3 Å². The van der Waals surface area contributed by atoms with Crippen LogP contribution in [0, 0.1) is 12.7 Å². The number of benzene rings is 1. The molecule has 0 spiro atoms. The molecule has 0 unspecified atom stereocenters. The molecule has 4 rings (SSSR count). The smallest absolute Gasteiger partial charge is 0.188 e. The Kier molecular flexibility index (Phi) is 3.89. The fraction of sp³-hybridized carbons (Fsp3) is 0.176. The number of hydrogen-bond acceptors (Lipinski definition) is 6. The zero-order valence-corrected chi connectivity index (χ0v) is 14.5. The number of anilines is 1. The van der Waals surface area contributed by atoms with E-state index >= 15 is 0 Å². The number of aromatic nitrogens is 5. The van der Waals surface area contributed by atoms with Gasteiger partial charge in [-0.1, -0.05) is 12.1 Å². The van der Waals surface area contributed by atoms with E-state index in [2.05, 4.69) is 20.3 Å². The zero-order chi connectivity index (χ0) is 17.4. The molecule has 0 atom stereocenters. The highest BCUT2D eigenvalue weighted by Crippen LogP contribution is 2.22. The van der Waals surface area contributed by atoms with E-state index in [0.29, 0.717) is 23.6 Å². The number of aryl methyl sites for hydroxylation is 1. The number of hydrogen-bond donors (Lipinski definition) is 0. The van der Waals surface area contributed by atoms with Crippen molar-refractivity contribution in [1.82, 2.24) is 24.8 Å². The molecule has 0 aliphatic rings. The maximum atomic E-state index is 14.1. The van der Waals surface area contributed by atoms with E-state index < -0.39 is 0 Å². The van der Waals surface area contributed by atoms with Gasteiger partial charge in [-0.3, -0.25) is 0 Å². The summed E-state index contributed by atoms with van der Waals surface area (Å²) < 4.78 is 15.7. The minimum absolute atomic E-state index is 0.351. The quantitative estimate of drug-likeness (QED) is 0.563. The van der Waals surface area contributed by atoms with Gasteiger partial charge < -0.3 is 4.90 Å². The number of rotatable bonds is 4. The van der Waals surface area contributed by atoms with Crippen molar-refractivity contribution in [2.75, 3.05) is 11.9 Å².